The molecule has 2 fully saturated rings. The van der Waals surface area contributed by atoms with Gasteiger partial charge in [-0.05, 0) is 43.8 Å². The first-order valence-electron chi connectivity index (χ1n) is 7.98. The summed E-state index contributed by atoms with van der Waals surface area (Å²) in [5.74, 6) is 0.158. The molecule has 2 aliphatic rings. The fourth-order valence-corrected chi connectivity index (χ4v) is 3.82. The Balaban J connectivity index is 1.59. The number of likely N-dealkylation sites (tertiary alicyclic amines) is 1. The quantitative estimate of drug-likeness (QED) is 0.860. The number of thiophene rings is 1. The number of nitrogens with zero attached hydrogens (tertiary/aromatic N) is 2. The summed E-state index contributed by atoms with van der Waals surface area (Å²) in [6, 6.07) is 1.92. The van der Waals surface area contributed by atoms with E-state index in [-0.39, 0.29) is 12.0 Å². The van der Waals surface area contributed by atoms with E-state index in [0.717, 1.165) is 38.2 Å². The molecule has 2 aliphatic heterocycles. The Bertz CT molecular complexity index is 443. The minimum atomic E-state index is 0.158. The highest BCUT2D eigenvalue weighted by molar-refractivity contribution is 7.08. The van der Waals surface area contributed by atoms with Gasteiger partial charge in [0.25, 0.3) is 5.91 Å². The molecule has 3 heterocycles. The fourth-order valence-electron chi connectivity index (χ4n) is 3.19. The molecule has 1 amide bonds. The van der Waals surface area contributed by atoms with E-state index < -0.39 is 0 Å². The molecule has 0 spiro atoms. The van der Waals surface area contributed by atoms with Crippen molar-refractivity contribution in [3.8, 4) is 0 Å². The van der Waals surface area contributed by atoms with E-state index in [1.807, 2.05) is 21.7 Å². The lowest BCUT2D eigenvalue weighted by molar-refractivity contribution is 0.0216. The van der Waals surface area contributed by atoms with Gasteiger partial charge in [0.15, 0.2) is 0 Å². The summed E-state index contributed by atoms with van der Waals surface area (Å²) < 4.78 is 5.97. The third-order valence-electron chi connectivity index (χ3n) is 4.32. The maximum absolute atomic E-state index is 12.5. The van der Waals surface area contributed by atoms with Gasteiger partial charge in [-0.1, -0.05) is 6.42 Å². The molecule has 0 bridgehead atoms. The van der Waals surface area contributed by atoms with E-state index in [0.29, 0.717) is 0 Å². The van der Waals surface area contributed by atoms with Crippen LogP contribution in [0.4, 0.5) is 0 Å². The maximum Gasteiger partial charge on any atom is 0.254 e. The summed E-state index contributed by atoms with van der Waals surface area (Å²) in [4.78, 5) is 17.0. The summed E-state index contributed by atoms with van der Waals surface area (Å²) in [5, 5.41) is 3.90. The zero-order chi connectivity index (χ0) is 14.5. The van der Waals surface area contributed by atoms with Gasteiger partial charge in [-0.15, -0.1) is 0 Å². The van der Waals surface area contributed by atoms with Crippen LogP contribution in [-0.4, -0.2) is 61.1 Å². The van der Waals surface area contributed by atoms with Crippen LogP contribution in [-0.2, 0) is 4.74 Å². The van der Waals surface area contributed by atoms with Gasteiger partial charge in [-0.2, -0.15) is 11.3 Å². The zero-order valence-corrected chi connectivity index (χ0v) is 13.3. The van der Waals surface area contributed by atoms with Gasteiger partial charge in [0.2, 0.25) is 0 Å². The second kappa shape index (κ2) is 7.38. The highest BCUT2D eigenvalue weighted by Crippen LogP contribution is 2.16. The van der Waals surface area contributed by atoms with Gasteiger partial charge in [0.05, 0.1) is 11.7 Å². The second-order valence-corrected chi connectivity index (χ2v) is 6.75. The molecule has 0 aliphatic carbocycles. The number of rotatable bonds is 3. The summed E-state index contributed by atoms with van der Waals surface area (Å²) in [6.07, 6.45) is 5.04. The van der Waals surface area contributed by atoms with Crippen molar-refractivity contribution < 1.29 is 9.53 Å². The van der Waals surface area contributed by atoms with E-state index in [1.54, 1.807) is 11.3 Å². The highest BCUT2D eigenvalue weighted by atomic mass is 32.1. The smallest absolute Gasteiger partial charge is 0.254 e. The Labute approximate surface area is 130 Å². The van der Waals surface area contributed by atoms with E-state index in [9.17, 15) is 4.79 Å². The van der Waals surface area contributed by atoms with Gasteiger partial charge in [-0.3, -0.25) is 4.79 Å². The lowest BCUT2D eigenvalue weighted by Gasteiger charge is -2.31. The van der Waals surface area contributed by atoms with Crippen molar-refractivity contribution in [3.63, 3.8) is 0 Å². The predicted molar refractivity (Wildman–Crippen MR) is 84.9 cm³/mol. The number of ether oxygens (including phenoxy) is 1. The number of amides is 1. The van der Waals surface area contributed by atoms with Gasteiger partial charge in [0, 0.05) is 31.6 Å². The van der Waals surface area contributed by atoms with E-state index in [2.05, 4.69) is 4.90 Å². The normalized spacial score (nSPS) is 24.8. The molecule has 1 atom stereocenters. The molecule has 1 aromatic heterocycles. The Morgan fingerprint density at radius 2 is 2.10 bits per heavy atom. The van der Waals surface area contributed by atoms with Crippen molar-refractivity contribution in [3.05, 3.63) is 22.4 Å². The first kappa shape index (κ1) is 15.0. The molecule has 0 aromatic carbocycles. The predicted octanol–water partition coefficient (Wildman–Crippen LogP) is 2.47. The average molecular weight is 308 g/mol. The van der Waals surface area contributed by atoms with Gasteiger partial charge in [0.1, 0.15) is 0 Å². The van der Waals surface area contributed by atoms with Crippen molar-refractivity contribution >= 4 is 17.2 Å². The van der Waals surface area contributed by atoms with Crippen LogP contribution in [0.1, 0.15) is 36.0 Å². The van der Waals surface area contributed by atoms with Crippen LogP contribution in [0.25, 0.3) is 0 Å². The summed E-state index contributed by atoms with van der Waals surface area (Å²) in [5.41, 5.74) is 0.818. The molecule has 1 aromatic rings. The van der Waals surface area contributed by atoms with Crippen LogP contribution < -0.4 is 0 Å². The van der Waals surface area contributed by atoms with Crippen LogP contribution in [0.15, 0.2) is 16.8 Å². The molecule has 4 nitrogen and oxygen atoms in total. The lowest BCUT2D eigenvalue weighted by Crippen LogP contribution is -2.43. The molecule has 21 heavy (non-hydrogen) atoms. The SMILES string of the molecule is O=C(c1ccsc1)N1CCCOC(CN2CCCCC2)C1. The van der Waals surface area contributed by atoms with E-state index in [1.165, 1.54) is 32.4 Å². The minimum absolute atomic E-state index is 0.158. The first-order valence-corrected chi connectivity index (χ1v) is 8.92. The van der Waals surface area contributed by atoms with Gasteiger partial charge < -0.3 is 14.5 Å². The minimum Gasteiger partial charge on any atom is -0.375 e. The first-order chi connectivity index (χ1) is 10.3. The third-order valence-corrected chi connectivity index (χ3v) is 5.00. The monoisotopic (exact) mass is 308 g/mol. The molecule has 3 rings (SSSR count). The fraction of sp³-hybridized carbons (Fsp3) is 0.688. The molecule has 5 heteroatoms. The van der Waals surface area contributed by atoms with Crippen molar-refractivity contribution in [2.75, 3.05) is 39.3 Å². The molecule has 116 valence electrons. The molecular weight excluding hydrogens is 284 g/mol. The van der Waals surface area contributed by atoms with Crippen LogP contribution >= 0.6 is 11.3 Å². The number of carbonyl (C=O) groups excluding carboxylic acids is 1. The molecule has 0 saturated carbocycles. The van der Waals surface area contributed by atoms with Crippen molar-refractivity contribution in [2.45, 2.75) is 31.8 Å². The largest absolute Gasteiger partial charge is 0.375 e. The second-order valence-electron chi connectivity index (χ2n) is 5.97. The summed E-state index contributed by atoms with van der Waals surface area (Å²) >= 11 is 1.58. The summed E-state index contributed by atoms with van der Waals surface area (Å²) in [7, 11) is 0. The Hall–Kier alpha value is -0.910. The zero-order valence-electron chi connectivity index (χ0n) is 12.5. The summed E-state index contributed by atoms with van der Waals surface area (Å²) in [6.45, 7) is 5.63. The third kappa shape index (κ3) is 4.05. The van der Waals surface area contributed by atoms with E-state index >= 15 is 0 Å². The molecule has 0 radical (unpaired) electrons. The number of hydrogen-bond donors (Lipinski definition) is 0. The molecular formula is C16H24N2O2S. The average Bonchev–Trinajstić information content (AvgIpc) is 2.95. The van der Waals surface area contributed by atoms with Crippen LogP contribution in [0.3, 0.4) is 0 Å². The topological polar surface area (TPSA) is 32.8 Å². The highest BCUT2D eigenvalue weighted by Gasteiger charge is 2.25. The molecule has 1 unspecified atom stereocenters. The van der Waals surface area contributed by atoms with E-state index in [4.69, 9.17) is 4.74 Å². The van der Waals surface area contributed by atoms with Crippen molar-refractivity contribution in [2.24, 2.45) is 0 Å². The Morgan fingerprint density at radius 3 is 2.86 bits per heavy atom. The molecule has 2 saturated heterocycles. The van der Waals surface area contributed by atoms with Crippen molar-refractivity contribution in [1.29, 1.82) is 0 Å². The standard InChI is InChI=1S/C16H24N2O2S/c19-16(14-5-10-21-13-14)18-8-4-9-20-15(12-18)11-17-6-2-1-3-7-17/h5,10,13,15H,1-4,6-9,11-12H2. The van der Waals surface area contributed by atoms with Crippen molar-refractivity contribution in [1.82, 2.24) is 9.80 Å². The molecule has 0 N–H and O–H groups in total. The van der Waals surface area contributed by atoms with Crippen LogP contribution in [0, 0.1) is 0 Å². The number of carbonyl (C=O) groups is 1. The Kier molecular flexibility index (Phi) is 5.27. The van der Waals surface area contributed by atoms with Crippen LogP contribution in [0.5, 0.6) is 0 Å². The lowest BCUT2D eigenvalue weighted by atomic mass is 10.1. The van der Waals surface area contributed by atoms with Crippen LogP contribution in [0.2, 0.25) is 0 Å². The van der Waals surface area contributed by atoms with Gasteiger partial charge >= 0.3 is 0 Å². The maximum atomic E-state index is 12.5. The number of hydrogen-bond acceptors (Lipinski definition) is 4. The Morgan fingerprint density at radius 1 is 1.24 bits per heavy atom. The number of piperidine rings is 1. The van der Waals surface area contributed by atoms with Gasteiger partial charge in [-0.25, -0.2) is 0 Å².